The predicted molar refractivity (Wildman–Crippen MR) is 74.2 cm³/mol. The summed E-state index contributed by atoms with van der Waals surface area (Å²) in [6, 6.07) is 1.92. The Balaban J connectivity index is 3.75. The Hall–Kier alpha value is -2.50. The van der Waals surface area contributed by atoms with Gasteiger partial charge in [0.05, 0.1) is 11.1 Å². The monoisotopic (exact) mass is 292 g/mol. The minimum Gasteiger partial charge on any atom is -0.478 e. The van der Waals surface area contributed by atoms with Crippen LogP contribution in [0.25, 0.3) is 0 Å². The Morgan fingerprint density at radius 2 is 1.19 bits per heavy atom. The van der Waals surface area contributed by atoms with Crippen LogP contribution >= 0.6 is 0 Å². The lowest BCUT2D eigenvalue weighted by Gasteiger charge is -2.19. The van der Waals surface area contributed by atoms with Gasteiger partial charge in [-0.25, -0.2) is 9.59 Å². The molecule has 6 heteroatoms. The van der Waals surface area contributed by atoms with Crippen molar-refractivity contribution >= 4 is 23.5 Å². The summed E-state index contributed by atoms with van der Waals surface area (Å²) in [7, 11) is 0. The molecule has 0 atom stereocenters. The number of rotatable bonds is 4. The van der Waals surface area contributed by atoms with Crippen LogP contribution < -0.4 is 0 Å². The SMILES string of the molecule is CC(=O)c1cc(C(=O)O)c(C(=O)C(C)(C)C)cc1C(=O)O. The van der Waals surface area contributed by atoms with Crippen LogP contribution in [0.4, 0.5) is 0 Å². The number of carbonyl (C=O) groups is 4. The van der Waals surface area contributed by atoms with Crippen molar-refractivity contribution in [3.05, 3.63) is 34.4 Å². The summed E-state index contributed by atoms with van der Waals surface area (Å²) in [6.07, 6.45) is 0. The van der Waals surface area contributed by atoms with Crippen LogP contribution in [0, 0.1) is 5.41 Å². The highest BCUT2D eigenvalue weighted by Crippen LogP contribution is 2.26. The molecule has 0 radical (unpaired) electrons. The van der Waals surface area contributed by atoms with Gasteiger partial charge in [-0.2, -0.15) is 0 Å². The molecule has 0 aromatic heterocycles. The van der Waals surface area contributed by atoms with Gasteiger partial charge >= 0.3 is 11.9 Å². The van der Waals surface area contributed by atoms with E-state index in [9.17, 15) is 24.3 Å². The quantitative estimate of drug-likeness (QED) is 0.825. The fraction of sp³-hybridized carbons (Fsp3) is 0.333. The zero-order valence-electron chi connectivity index (χ0n) is 12.2. The normalized spacial score (nSPS) is 11.0. The molecule has 0 aliphatic carbocycles. The third kappa shape index (κ3) is 3.34. The first-order valence-electron chi connectivity index (χ1n) is 6.17. The van der Waals surface area contributed by atoms with E-state index in [4.69, 9.17) is 5.11 Å². The summed E-state index contributed by atoms with van der Waals surface area (Å²) in [5, 5.41) is 18.3. The highest BCUT2D eigenvalue weighted by molar-refractivity contribution is 6.13. The van der Waals surface area contributed by atoms with E-state index < -0.39 is 28.9 Å². The molecular weight excluding hydrogens is 276 g/mol. The van der Waals surface area contributed by atoms with E-state index in [2.05, 4.69) is 0 Å². The maximum Gasteiger partial charge on any atom is 0.336 e. The first kappa shape index (κ1) is 16.6. The van der Waals surface area contributed by atoms with Crippen LogP contribution in [0.5, 0.6) is 0 Å². The molecule has 0 saturated carbocycles. The number of Topliss-reactive ketones (excluding diaryl/α,β-unsaturated/α-hetero) is 2. The molecule has 0 spiro atoms. The molecule has 0 saturated heterocycles. The van der Waals surface area contributed by atoms with Crippen LogP contribution in [-0.2, 0) is 0 Å². The largest absolute Gasteiger partial charge is 0.478 e. The maximum absolute atomic E-state index is 12.3. The minimum absolute atomic E-state index is 0.211. The number of benzene rings is 1. The number of carboxylic acid groups (broad SMARTS) is 2. The van der Waals surface area contributed by atoms with Crippen LogP contribution in [0.3, 0.4) is 0 Å². The van der Waals surface area contributed by atoms with Gasteiger partial charge in [0.2, 0.25) is 0 Å². The highest BCUT2D eigenvalue weighted by Gasteiger charge is 2.30. The van der Waals surface area contributed by atoms with E-state index in [1.165, 1.54) is 0 Å². The fourth-order valence-corrected chi connectivity index (χ4v) is 1.84. The molecule has 112 valence electrons. The van der Waals surface area contributed by atoms with Gasteiger partial charge in [0.1, 0.15) is 0 Å². The average Bonchev–Trinajstić information content (AvgIpc) is 2.34. The van der Waals surface area contributed by atoms with Gasteiger partial charge in [-0.15, -0.1) is 0 Å². The molecule has 21 heavy (non-hydrogen) atoms. The van der Waals surface area contributed by atoms with Crippen LogP contribution in [-0.4, -0.2) is 33.7 Å². The summed E-state index contributed by atoms with van der Waals surface area (Å²) in [5.74, 6) is -3.86. The van der Waals surface area contributed by atoms with E-state index in [-0.39, 0.29) is 22.3 Å². The number of hydrogen-bond donors (Lipinski definition) is 2. The number of aromatic carboxylic acids is 2. The lowest BCUT2D eigenvalue weighted by molar-refractivity contribution is 0.0674. The summed E-state index contributed by atoms with van der Waals surface area (Å²) < 4.78 is 0. The highest BCUT2D eigenvalue weighted by atomic mass is 16.4. The Morgan fingerprint density at radius 3 is 1.52 bits per heavy atom. The van der Waals surface area contributed by atoms with Crippen molar-refractivity contribution in [2.24, 2.45) is 5.41 Å². The van der Waals surface area contributed by atoms with E-state index in [1.807, 2.05) is 0 Å². The molecule has 2 N–H and O–H groups in total. The van der Waals surface area contributed by atoms with Crippen LogP contribution in [0.2, 0.25) is 0 Å². The summed E-state index contributed by atoms with van der Waals surface area (Å²) in [4.78, 5) is 46.3. The van der Waals surface area contributed by atoms with Crippen molar-refractivity contribution < 1.29 is 29.4 Å². The summed E-state index contributed by atoms with van der Waals surface area (Å²) in [6.45, 7) is 5.93. The van der Waals surface area contributed by atoms with Gasteiger partial charge in [-0.3, -0.25) is 9.59 Å². The van der Waals surface area contributed by atoms with Crippen molar-refractivity contribution in [2.75, 3.05) is 0 Å². The molecular formula is C15H16O6. The second-order valence-corrected chi connectivity index (χ2v) is 5.69. The Labute approximate surface area is 121 Å². The lowest BCUT2D eigenvalue weighted by atomic mass is 9.83. The third-order valence-corrected chi connectivity index (χ3v) is 2.92. The second kappa shape index (κ2) is 5.47. The lowest BCUT2D eigenvalue weighted by Crippen LogP contribution is -2.24. The van der Waals surface area contributed by atoms with Crippen molar-refractivity contribution in [1.29, 1.82) is 0 Å². The molecule has 0 amide bonds. The molecule has 0 fully saturated rings. The van der Waals surface area contributed by atoms with Crippen LogP contribution in [0.1, 0.15) is 69.1 Å². The minimum atomic E-state index is -1.39. The van der Waals surface area contributed by atoms with Gasteiger partial charge in [0.25, 0.3) is 0 Å². The van der Waals surface area contributed by atoms with Crippen molar-refractivity contribution in [3.8, 4) is 0 Å². The van der Waals surface area contributed by atoms with Crippen LogP contribution in [0.15, 0.2) is 12.1 Å². The summed E-state index contributed by atoms with van der Waals surface area (Å²) in [5.41, 5.74) is -2.06. The molecule has 6 nitrogen and oxygen atoms in total. The zero-order valence-corrected chi connectivity index (χ0v) is 12.2. The Morgan fingerprint density at radius 1 is 0.810 bits per heavy atom. The van der Waals surface area contributed by atoms with Gasteiger partial charge < -0.3 is 10.2 Å². The molecule has 0 unspecified atom stereocenters. The van der Waals surface area contributed by atoms with Gasteiger partial charge in [-0.1, -0.05) is 20.8 Å². The third-order valence-electron chi connectivity index (χ3n) is 2.92. The average molecular weight is 292 g/mol. The van der Waals surface area contributed by atoms with E-state index in [0.717, 1.165) is 19.1 Å². The molecule has 1 aromatic rings. The predicted octanol–water partition coefficient (Wildman–Crippen LogP) is 2.51. The molecule has 0 aliphatic heterocycles. The number of carbonyl (C=O) groups excluding carboxylic acids is 2. The van der Waals surface area contributed by atoms with Gasteiger partial charge in [-0.05, 0) is 19.1 Å². The Bertz CT molecular complexity index is 649. The molecule has 0 heterocycles. The molecule has 1 aromatic carbocycles. The number of carboxylic acids is 2. The molecule has 0 aliphatic rings. The summed E-state index contributed by atoms with van der Waals surface area (Å²) >= 11 is 0. The fourth-order valence-electron chi connectivity index (χ4n) is 1.84. The first-order valence-corrected chi connectivity index (χ1v) is 6.17. The van der Waals surface area contributed by atoms with E-state index in [0.29, 0.717) is 0 Å². The smallest absolute Gasteiger partial charge is 0.336 e. The Kier molecular flexibility index (Phi) is 4.32. The van der Waals surface area contributed by atoms with Crippen molar-refractivity contribution in [3.63, 3.8) is 0 Å². The molecule has 1 rings (SSSR count). The van der Waals surface area contributed by atoms with Crippen molar-refractivity contribution in [1.82, 2.24) is 0 Å². The van der Waals surface area contributed by atoms with E-state index in [1.54, 1.807) is 20.8 Å². The van der Waals surface area contributed by atoms with Gasteiger partial charge in [0.15, 0.2) is 11.6 Å². The maximum atomic E-state index is 12.3. The van der Waals surface area contributed by atoms with E-state index >= 15 is 0 Å². The number of ketones is 2. The second-order valence-electron chi connectivity index (χ2n) is 5.69. The van der Waals surface area contributed by atoms with Crippen molar-refractivity contribution in [2.45, 2.75) is 27.7 Å². The number of hydrogen-bond acceptors (Lipinski definition) is 4. The molecule has 0 bridgehead atoms. The van der Waals surface area contributed by atoms with Gasteiger partial charge in [0, 0.05) is 16.5 Å². The first-order chi connectivity index (χ1) is 9.46. The zero-order chi connectivity index (χ0) is 16.5. The topological polar surface area (TPSA) is 109 Å². The standard InChI is InChI=1S/C15H16O6/c1-7(16)8-5-11(14(20)21)9(6-10(8)13(18)19)12(17)15(2,3)4/h5-6H,1-4H3,(H,18,19)(H,20,21).